The number of rotatable bonds is 3. The van der Waals surface area contributed by atoms with Crippen molar-refractivity contribution in [3.05, 3.63) is 69.2 Å². The Kier molecular flexibility index (Phi) is 5.41. The summed E-state index contributed by atoms with van der Waals surface area (Å²) in [6.45, 7) is 1.27. The number of thioether (sulfide) groups is 1. The van der Waals surface area contributed by atoms with Crippen molar-refractivity contribution < 1.29 is 4.79 Å². The third-order valence-corrected chi connectivity index (χ3v) is 5.41. The predicted octanol–water partition coefficient (Wildman–Crippen LogP) is 4.85. The van der Waals surface area contributed by atoms with E-state index < -0.39 is 0 Å². The summed E-state index contributed by atoms with van der Waals surface area (Å²) in [5.41, 5.74) is 1.71. The molecular weight excluding hydrogens is 396 g/mol. The highest BCUT2D eigenvalue weighted by molar-refractivity contribution is 9.10. The number of amidine groups is 1. The topological polar surface area (TPSA) is 32.7 Å². The molecular formula is C17H14BrClN2OS. The molecule has 1 aliphatic heterocycles. The van der Waals surface area contributed by atoms with Gasteiger partial charge >= 0.3 is 0 Å². The number of aliphatic imine (C=N–C) groups is 1. The molecule has 0 unspecified atom stereocenters. The second-order valence-electron chi connectivity index (χ2n) is 5.01. The Balaban J connectivity index is 1.69. The van der Waals surface area contributed by atoms with Gasteiger partial charge < -0.3 is 0 Å². The Morgan fingerprint density at radius 3 is 2.70 bits per heavy atom. The Morgan fingerprint density at radius 1 is 1.22 bits per heavy atom. The van der Waals surface area contributed by atoms with Gasteiger partial charge in [0.15, 0.2) is 5.17 Å². The number of carbonyl (C=O) groups is 1. The van der Waals surface area contributed by atoms with Crippen molar-refractivity contribution >= 4 is 50.4 Å². The van der Waals surface area contributed by atoms with Gasteiger partial charge in [0.05, 0.1) is 6.54 Å². The van der Waals surface area contributed by atoms with Crippen LogP contribution in [0, 0.1) is 0 Å². The Bertz CT molecular complexity index is 749. The molecule has 0 bridgehead atoms. The first kappa shape index (κ1) is 16.6. The molecule has 0 saturated carbocycles. The summed E-state index contributed by atoms with van der Waals surface area (Å²) in [6.07, 6.45) is 0. The highest BCUT2D eigenvalue weighted by Gasteiger charge is 2.25. The standard InChI is InChI=1S/C17H14BrClN2OS/c18-14-7-5-12(6-8-14)16(22)21-10-9-20-17(21)23-11-13-3-1-2-4-15(13)19/h1-8H,9-11H2. The number of halogens is 2. The van der Waals surface area contributed by atoms with E-state index in [9.17, 15) is 4.79 Å². The molecule has 1 heterocycles. The van der Waals surface area contributed by atoms with Crippen LogP contribution in [0.3, 0.4) is 0 Å². The number of amides is 1. The zero-order valence-corrected chi connectivity index (χ0v) is 15.4. The van der Waals surface area contributed by atoms with Crippen LogP contribution in [0.25, 0.3) is 0 Å². The largest absolute Gasteiger partial charge is 0.286 e. The van der Waals surface area contributed by atoms with Gasteiger partial charge in [-0.25, -0.2) is 0 Å². The summed E-state index contributed by atoms with van der Waals surface area (Å²) >= 11 is 11.1. The van der Waals surface area contributed by atoms with Gasteiger partial charge in [-0.3, -0.25) is 14.7 Å². The molecule has 0 spiro atoms. The van der Waals surface area contributed by atoms with Crippen molar-refractivity contribution in [2.24, 2.45) is 4.99 Å². The lowest BCUT2D eigenvalue weighted by Gasteiger charge is -2.18. The minimum atomic E-state index is -0.0135. The van der Waals surface area contributed by atoms with Crippen LogP contribution in [0.4, 0.5) is 0 Å². The molecule has 23 heavy (non-hydrogen) atoms. The van der Waals surface area contributed by atoms with E-state index in [0.717, 1.165) is 20.2 Å². The first-order chi connectivity index (χ1) is 11.1. The van der Waals surface area contributed by atoms with Gasteiger partial charge in [-0.1, -0.05) is 57.5 Å². The zero-order chi connectivity index (χ0) is 16.2. The third-order valence-electron chi connectivity index (χ3n) is 3.45. The SMILES string of the molecule is O=C(c1ccc(Br)cc1)N1CCN=C1SCc1ccccc1Cl. The van der Waals surface area contributed by atoms with E-state index in [4.69, 9.17) is 11.6 Å². The Morgan fingerprint density at radius 2 is 1.96 bits per heavy atom. The minimum absolute atomic E-state index is 0.0135. The minimum Gasteiger partial charge on any atom is -0.286 e. The van der Waals surface area contributed by atoms with Crippen molar-refractivity contribution in [1.29, 1.82) is 0 Å². The van der Waals surface area contributed by atoms with Gasteiger partial charge in [0, 0.05) is 27.4 Å². The van der Waals surface area contributed by atoms with Crippen molar-refractivity contribution in [3.63, 3.8) is 0 Å². The Hall–Kier alpha value is -1.30. The first-order valence-electron chi connectivity index (χ1n) is 7.13. The quantitative estimate of drug-likeness (QED) is 0.726. The van der Waals surface area contributed by atoms with E-state index in [1.165, 1.54) is 0 Å². The van der Waals surface area contributed by atoms with E-state index in [1.807, 2.05) is 48.5 Å². The summed E-state index contributed by atoms with van der Waals surface area (Å²) in [5.74, 6) is 0.684. The van der Waals surface area contributed by atoms with Crippen molar-refractivity contribution in [1.82, 2.24) is 4.90 Å². The predicted molar refractivity (Wildman–Crippen MR) is 100 cm³/mol. The normalized spacial score (nSPS) is 14.0. The third kappa shape index (κ3) is 3.97. The molecule has 0 atom stereocenters. The number of hydrogen-bond donors (Lipinski definition) is 0. The second-order valence-corrected chi connectivity index (χ2v) is 7.27. The molecule has 2 aromatic carbocycles. The zero-order valence-electron chi connectivity index (χ0n) is 12.2. The maximum atomic E-state index is 12.6. The first-order valence-corrected chi connectivity index (χ1v) is 9.29. The fourth-order valence-corrected chi connectivity index (χ4v) is 3.84. The summed E-state index contributed by atoms with van der Waals surface area (Å²) in [4.78, 5) is 18.8. The van der Waals surface area contributed by atoms with Gasteiger partial charge in [0.1, 0.15) is 0 Å². The number of carbonyl (C=O) groups excluding carboxylic acids is 1. The smallest absolute Gasteiger partial charge is 0.259 e. The number of benzene rings is 2. The lowest BCUT2D eigenvalue weighted by Crippen LogP contribution is -2.32. The molecule has 0 N–H and O–H groups in total. The summed E-state index contributed by atoms with van der Waals surface area (Å²) in [7, 11) is 0. The lowest BCUT2D eigenvalue weighted by molar-refractivity contribution is 0.0860. The van der Waals surface area contributed by atoms with Crippen molar-refractivity contribution in [2.75, 3.05) is 13.1 Å². The van der Waals surface area contributed by atoms with Gasteiger partial charge in [-0.05, 0) is 35.9 Å². The van der Waals surface area contributed by atoms with Crippen LogP contribution in [-0.2, 0) is 5.75 Å². The van der Waals surface area contributed by atoms with Crippen LogP contribution in [0.1, 0.15) is 15.9 Å². The van der Waals surface area contributed by atoms with Gasteiger partial charge in [0.2, 0.25) is 0 Å². The average Bonchev–Trinajstić information content (AvgIpc) is 3.02. The average molecular weight is 410 g/mol. The van der Waals surface area contributed by atoms with E-state index in [1.54, 1.807) is 16.7 Å². The lowest BCUT2D eigenvalue weighted by atomic mass is 10.2. The monoisotopic (exact) mass is 408 g/mol. The molecule has 1 aliphatic rings. The van der Waals surface area contributed by atoms with Crippen LogP contribution in [-0.4, -0.2) is 29.1 Å². The highest BCUT2D eigenvalue weighted by Crippen LogP contribution is 2.25. The summed E-state index contributed by atoms with van der Waals surface area (Å²) in [6, 6.07) is 15.1. The summed E-state index contributed by atoms with van der Waals surface area (Å²) < 4.78 is 0.956. The van der Waals surface area contributed by atoms with Gasteiger partial charge in [-0.15, -0.1) is 0 Å². The van der Waals surface area contributed by atoms with E-state index >= 15 is 0 Å². The van der Waals surface area contributed by atoms with E-state index in [2.05, 4.69) is 20.9 Å². The molecule has 1 amide bonds. The fraction of sp³-hybridized carbons (Fsp3) is 0.176. The molecule has 0 fully saturated rings. The molecule has 3 rings (SSSR count). The molecule has 118 valence electrons. The maximum Gasteiger partial charge on any atom is 0.259 e. The Labute approximate surface area is 152 Å². The molecule has 0 aliphatic carbocycles. The van der Waals surface area contributed by atoms with Crippen LogP contribution < -0.4 is 0 Å². The molecule has 6 heteroatoms. The fourth-order valence-electron chi connectivity index (χ4n) is 2.24. The molecule has 2 aromatic rings. The van der Waals surface area contributed by atoms with Crippen LogP contribution >= 0.6 is 39.3 Å². The number of nitrogens with zero attached hydrogens (tertiary/aromatic N) is 2. The molecule has 0 saturated heterocycles. The molecule has 0 aromatic heterocycles. The highest BCUT2D eigenvalue weighted by atomic mass is 79.9. The van der Waals surface area contributed by atoms with Crippen LogP contribution in [0.5, 0.6) is 0 Å². The van der Waals surface area contributed by atoms with Crippen molar-refractivity contribution in [2.45, 2.75) is 5.75 Å². The number of hydrogen-bond acceptors (Lipinski definition) is 3. The van der Waals surface area contributed by atoms with Crippen LogP contribution in [0.2, 0.25) is 5.02 Å². The van der Waals surface area contributed by atoms with E-state index in [-0.39, 0.29) is 5.91 Å². The maximum absolute atomic E-state index is 12.6. The second kappa shape index (κ2) is 7.51. The summed E-state index contributed by atoms with van der Waals surface area (Å²) in [5, 5.41) is 1.50. The van der Waals surface area contributed by atoms with E-state index in [0.29, 0.717) is 24.4 Å². The van der Waals surface area contributed by atoms with Crippen molar-refractivity contribution in [3.8, 4) is 0 Å². The van der Waals surface area contributed by atoms with Gasteiger partial charge in [-0.2, -0.15) is 0 Å². The van der Waals surface area contributed by atoms with Gasteiger partial charge in [0.25, 0.3) is 5.91 Å². The molecule has 0 radical (unpaired) electrons. The molecule has 3 nitrogen and oxygen atoms in total. The van der Waals surface area contributed by atoms with Crippen LogP contribution in [0.15, 0.2) is 58.0 Å².